The molecule has 2 heterocycles. The number of anilines is 2. The zero-order valence-electron chi connectivity index (χ0n) is 19.1. The number of carbonyl (C=O) groups is 1. The van der Waals surface area contributed by atoms with Crippen LogP contribution in [0.15, 0.2) is 60.8 Å². The normalized spacial score (nSPS) is 13.7. The second kappa shape index (κ2) is 9.85. The zero-order valence-corrected chi connectivity index (χ0v) is 19.9. The molecule has 1 amide bonds. The first-order valence-electron chi connectivity index (χ1n) is 11.4. The van der Waals surface area contributed by atoms with Crippen LogP contribution in [-0.4, -0.2) is 29.0 Å². The van der Waals surface area contributed by atoms with E-state index in [-0.39, 0.29) is 27.8 Å². The Balaban J connectivity index is 1.40. The fourth-order valence-corrected chi connectivity index (χ4v) is 4.25. The van der Waals surface area contributed by atoms with Crippen LogP contribution in [0.4, 0.5) is 29.1 Å². The number of rotatable bonds is 5. The van der Waals surface area contributed by atoms with Crippen LogP contribution in [0.3, 0.4) is 0 Å². The molecule has 6 nitrogen and oxygen atoms in total. The number of alkyl halides is 3. The van der Waals surface area contributed by atoms with Gasteiger partial charge in [-0.05, 0) is 55.3 Å². The Bertz CT molecular complexity index is 1490. The molecule has 37 heavy (non-hydrogen) atoms. The smallest absolute Gasteiger partial charge is 0.416 e. The van der Waals surface area contributed by atoms with E-state index >= 15 is 0 Å². The third kappa shape index (κ3) is 5.29. The molecule has 1 aliphatic heterocycles. The van der Waals surface area contributed by atoms with E-state index in [2.05, 4.69) is 20.2 Å². The molecule has 0 radical (unpaired) electrons. The number of benzene rings is 3. The van der Waals surface area contributed by atoms with Crippen molar-refractivity contribution in [2.24, 2.45) is 0 Å². The van der Waals surface area contributed by atoms with Gasteiger partial charge in [0.15, 0.2) is 11.6 Å². The number of ether oxygens (including phenoxy) is 1. The highest BCUT2D eigenvalue weighted by atomic mass is 35.5. The number of hydrogen-bond donors (Lipinski definition) is 1. The monoisotopic (exact) mass is 530 g/mol. The first kappa shape index (κ1) is 24.8. The molecule has 1 saturated heterocycles. The molecule has 1 aromatic heterocycles. The number of fused-ring (bicyclic) bond motifs is 1. The largest absolute Gasteiger partial charge is 0.453 e. The third-order valence-electron chi connectivity index (χ3n) is 5.90. The second-order valence-electron chi connectivity index (χ2n) is 8.45. The molecule has 0 unspecified atom stereocenters. The number of halogens is 5. The molecule has 0 spiro atoms. The molecule has 0 saturated carbocycles. The SMILES string of the molecule is O=C(Nc1ccc(F)c(Oc2ccc3ncc(N4CCCC4)nc3c2)c1Cl)c1cccc(C(F)(F)F)c1. The quantitative estimate of drug-likeness (QED) is 0.279. The topological polar surface area (TPSA) is 67.3 Å². The van der Waals surface area contributed by atoms with Crippen molar-refractivity contribution in [1.29, 1.82) is 0 Å². The van der Waals surface area contributed by atoms with E-state index in [1.165, 1.54) is 12.1 Å². The zero-order chi connectivity index (χ0) is 26.2. The van der Waals surface area contributed by atoms with Crippen LogP contribution in [0.25, 0.3) is 11.0 Å². The van der Waals surface area contributed by atoms with Gasteiger partial charge >= 0.3 is 6.18 Å². The van der Waals surface area contributed by atoms with Gasteiger partial charge in [0.1, 0.15) is 16.6 Å². The van der Waals surface area contributed by atoms with Crippen LogP contribution in [-0.2, 0) is 6.18 Å². The summed E-state index contributed by atoms with van der Waals surface area (Å²) < 4.78 is 59.4. The molecular formula is C26H19ClF4N4O2. The Labute approximate surface area is 213 Å². The van der Waals surface area contributed by atoms with Crippen molar-refractivity contribution < 1.29 is 27.1 Å². The maximum Gasteiger partial charge on any atom is 0.416 e. The van der Waals surface area contributed by atoms with Gasteiger partial charge in [-0.25, -0.2) is 9.37 Å². The summed E-state index contributed by atoms with van der Waals surface area (Å²) in [6.07, 6.45) is -0.728. The lowest BCUT2D eigenvalue weighted by Gasteiger charge is -2.16. The maximum atomic E-state index is 14.7. The summed E-state index contributed by atoms with van der Waals surface area (Å²) in [6.45, 7) is 1.80. The molecular weight excluding hydrogens is 512 g/mol. The van der Waals surface area contributed by atoms with Crippen LogP contribution < -0.4 is 15.0 Å². The van der Waals surface area contributed by atoms with Crippen LogP contribution in [0.2, 0.25) is 5.02 Å². The van der Waals surface area contributed by atoms with E-state index < -0.39 is 23.5 Å². The standard InChI is InChI=1S/C26H19ClF4N4O2/c27-23-20(34-25(36)15-4-3-5-16(12-15)26(29,30)31)9-7-18(28)24(23)37-17-6-8-19-21(13-17)33-22(14-32-19)35-10-1-2-11-35/h3-9,12-14H,1-2,10-11H2,(H,34,36). The summed E-state index contributed by atoms with van der Waals surface area (Å²) in [5.74, 6) is -1.01. The number of nitrogens with one attached hydrogen (secondary N) is 1. The lowest BCUT2D eigenvalue weighted by Crippen LogP contribution is -2.19. The molecule has 1 N–H and O–H groups in total. The molecule has 5 rings (SSSR count). The Morgan fingerprint density at radius 3 is 2.57 bits per heavy atom. The molecule has 4 aromatic rings. The number of hydrogen-bond acceptors (Lipinski definition) is 5. The van der Waals surface area contributed by atoms with E-state index in [1.54, 1.807) is 24.4 Å². The maximum absolute atomic E-state index is 14.7. The van der Waals surface area contributed by atoms with E-state index in [4.69, 9.17) is 16.3 Å². The number of amides is 1. The van der Waals surface area contributed by atoms with Crippen molar-refractivity contribution in [3.8, 4) is 11.5 Å². The second-order valence-corrected chi connectivity index (χ2v) is 8.82. The van der Waals surface area contributed by atoms with Crippen molar-refractivity contribution in [2.75, 3.05) is 23.3 Å². The summed E-state index contributed by atoms with van der Waals surface area (Å²) in [5.41, 5.74) is -0.0601. The van der Waals surface area contributed by atoms with Crippen LogP contribution in [0.1, 0.15) is 28.8 Å². The molecule has 1 fully saturated rings. The van der Waals surface area contributed by atoms with Crippen LogP contribution >= 0.6 is 11.6 Å². The Morgan fingerprint density at radius 1 is 1.03 bits per heavy atom. The van der Waals surface area contributed by atoms with Crippen molar-refractivity contribution in [3.05, 3.63) is 82.8 Å². The molecule has 1 aliphatic rings. The van der Waals surface area contributed by atoms with Crippen LogP contribution in [0.5, 0.6) is 11.5 Å². The predicted molar refractivity (Wildman–Crippen MR) is 132 cm³/mol. The van der Waals surface area contributed by atoms with Crippen molar-refractivity contribution >= 4 is 40.0 Å². The van der Waals surface area contributed by atoms with Gasteiger partial charge in [-0.15, -0.1) is 0 Å². The third-order valence-corrected chi connectivity index (χ3v) is 6.28. The Hall–Kier alpha value is -3.92. The first-order chi connectivity index (χ1) is 17.7. The predicted octanol–water partition coefficient (Wildman–Crippen LogP) is 7.09. The van der Waals surface area contributed by atoms with Gasteiger partial charge in [0.25, 0.3) is 5.91 Å². The minimum atomic E-state index is -4.61. The van der Waals surface area contributed by atoms with Crippen molar-refractivity contribution in [1.82, 2.24) is 9.97 Å². The summed E-state index contributed by atoms with van der Waals surface area (Å²) >= 11 is 6.33. The summed E-state index contributed by atoms with van der Waals surface area (Å²) in [7, 11) is 0. The number of nitrogens with zero attached hydrogens (tertiary/aromatic N) is 3. The summed E-state index contributed by atoms with van der Waals surface area (Å²) in [6, 6.07) is 11.0. The lowest BCUT2D eigenvalue weighted by atomic mass is 10.1. The van der Waals surface area contributed by atoms with Gasteiger partial charge in [0, 0.05) is 24.7 Å². The van der Waals surface area contributed by atoms with Gasteiger partial charge in [-0.3, -0.25) is 9.78 Å². The highest BCUT2D eigenvalue weighted by Gasteiger charge is 2.31. The van der Waals surface area contributed by atoms with E-state index in [0.29, 0.717) is 11.0 Å². The highest BCUT2D eigenvalue weighted by molar-refractivity contribution is 6.35. The average Bonchev–Trinajstić information content (AvgIpc) is 3.42. The lowest BCUT2D eigenvalue weighted by molar-refractivity contribution is -0.137. The van der Waals surface area contributed by atoms with Gasteiger partial charge < -0.3 is 15.0 Å². The minimum Gasteiger partial charge on any atom is -0.453 e. The van der Waals surface area contributed by atoms with Crippen molar-refractivity contribution in [2.45, 2.75) is 19.0 Å². The fraction of sp³-hybridized carbons (Fsp3) is 0.192. The number of aromatic nitrogens is 2. The number of carbonyl (C=O) groups excluding carboxylic acids is 1. The fourth-order valence-electron chi connectivity index (χ4n) is 4.02. The summed E-state index contributed by atoms with van der Waals surface area (Å²) in [5, 5.41) is 2.16. The molecule has 0 bridgehead atoms. The minimum absolute atomic E-state index is 0.0302. The molecule has 0 aliphatic carbocycles. The van der Waals surface area contributed by atoms with Gasteiger partial charge in [-0.1, -0.05) is 17.7 Å². The van der Waals surface area contributed by atoms with Gasteiger partial charge in [0.2, 0.25) is 0 Å². The van der Waals surface area contributed by atoms with E-state index in [0.717, 1.165) is 56.0 Å². The Kier molecular flexibility index (Phi) is 6.59. The van der Waals surface area contributed by atoms with Crippen molar-refractivity contribution in [3.63, 3.8) is 0 Å². The average molecular weight is 531 g/mol. The molecule has 0 atom stereocenters. The molecule has 11 heteroatoms. The van der Waals surface area contributed by atoms with Gasteiger partial charge in [0.05, 0.1) is 28.5 Å². The van der Waals surface area contributed by atoms with Gasteiger partial charge in [-0.2, -0.15) is 13.2 Å². The highest BCUT2D eigenvalue weighted by Crippen LogP contribution is 2.38. The summed E-state index contributed by atoms with van der Waals surface area (Å²) in [4.78, 5) is 23.8. The first-order valence-corrected chi connectivity index (χ1v) is 11.7. The van der Waals surface area contributed by atoms with E-state index in [9.17, 15) is 22.4 Å². The van der Waals surface area contributed by atoms with E-state index in [1.807, 2.05) is 0 Å². The molecule has 3 aromatic carbocycles. The Morgan fingerprint density at radius 2 is 1.81 bits per heavy atom. The molecule has 190 valence electrons. The van der Waals surface area contributed by atoms with Crippen LogP contribution in [0, 0.1) is 5.82 Å².